The first-order chi connectivity index (χ1) is 13.2. The molecule has 1 N–H and O–H groups in total. The summed E-state index contributed by atoms with van der Waals surface area (Å²) in [6, 6.07) is 13.6. The smallest absolute Gasteiger partial charge is 0.0950 e. The lowest BCUT2D eigenvalue weighted by molar-refractivity contribution is 0.104. The standard InChI is InChI=1S/C22H32N4O/c1-18(27)22-16-21-17-25(11-5-12-26(21)23-22)20-9-14-24(15-10-20)13-8-19-6-3-2-4-7-19/h2-4,6-7,16,18,20,27H,5,8-15,17H2,1H3. The average molecular weight is 369 g/mol. The number of aromatic nitrogens is 2. The Labute approximate surface area is 162 Å². The molecule has 0 saturated carbocycles. The minimum absolute atomic E-state index is 0.481. The van der Waals surface area contributed by atoms with Gasteiger partial charge in [0.2, 0.25) is 0 Å². The zero-order valence-electron chi connectivity index (χ0n) is 16.4. The molecule has 1 unspecified atom stereocenters. The SMILES string of the molecule is CC(O)c1cc2n(n1)CCCN(C1CCN(CCc3ccccc3)CC1)C2. The number of aliphatic hydroxyl groups is 1. The van der Waals surface area contributed by atoms with Gasteiger partial charge in [-0.2, -0.15) is 5.10 Å². The van der Waals surface area contributed by atoms with Crippen molar-refractivity contribution in [3.63, 3.8) is 0 Å². The number of rotatable bonds is 5. The third-order valence-corrected chi connectivity index (χ3v) is 6.12. The first-order valence-electron chi connectivity index (χ1n) is 10.4. The van der Waals surface area contributed by atoms with Crippen LogP contribution in [-0.2, 0) is 19.5 Å². The topological polar surface area (TPSA) is 44.5 Å². The van der Waals surface area contributed by atoms with Gasteiger partial charge in [-0.3, -0.25) is 9.58 Å². The Morgan fingerprint density at radius 1 is 1.11 bits per heavy atom. The molecule has 2 aromatic rings. The van der Waals surface area contributed by atoms with Crippen molar-refractivity contribution in [3.05, 3.63) is 53.3 Å². The molecule has 0 bridgehead atoms. The molecular formula is C22H32N4O. The number of aliphatic hydroxyl groups excluding tert-OH is 1. The minimum Gasteiger partial charge on any atom is -0.387 e. The molecule has 27 heavy (non-hydrogen) atoms. The van der Waals surface area contributed by atoms with E-state index in [1.165, 1.54) is 43.7 Å². The maximum Gasteiger partial charge on any atom is 0.0950 e. The molecule has 5 heteroatoms. The highest BCUT2D eigenvalue weighted by molar-refractivity contribution is 5.15. The summed E-state index contributed by atoms with van der Waals surface area (Å²) < 4.78 is 2.11. The highest BCUT2D eigenvalue weighted by Gasteiger charge is 2.27. The van der Waals surface area contributed by atoms with Gasteiger partial charge in [-0.1, -0.05) is 30.3 Å². The van der Waals surface area contributed by atoms with Crippen LogP contribution in [0.2, 0.25) is 0 Å². The first-order valence-corrected chi connectivity index (χ1v) is 10.4. The first kappa shape index (κ1) is 18.7. The van der Waals surface area contributed by atoms with Gasteiger partial charge in [0.25, 0.3) is 0 Å². The largest absolute Gasteiger partial charge is 0.387 e. The van der Waals surface area contributed by atoms with Crippen molar-refractivity contribution >= 4 is 0 Å². The molecule has 5 nitrogen and oxygen atoms in total. The Hall–Kier alpha value is -1.69. The molecular weight excluding hydrogens is 336 g/mol. The number of likely N-dealkylation sites (tertiary alicyclic amines) is 1. The molecule has 0 radical (unpaired) electrons. The van der Waals surface area contributed by atoms with Crippen LogP contribution < -0.4 is 0 Å². The van der Waals surface area contributed by atoms with E-state index in [1.807, 2.05) is 0 Å². The van der Waals surface area contributed by atoms with Crippen molar-refractivity contribution in [2.75, 3.05) is 26.2 Å². The van der Waals surface area contributed by atoms with Crippen LogP contribution in [0.4, 0.5) is 0 Å². The van der Waals surface area contributed by atoms with Crippen LogP contribution in [0.15, 0.2) is 36.4 Å². The molecule has 3 heterocycles. The summed E-state index contributed by atoms with van der Waals surface area (Å²) in [5.74, 6) is 0. The predicted molar refractivity (Wildman–Crippen MR) is 107 cm³/mol. The van der Waals surface area contributed by atoms with E-state index >= 15 is 0 Å². The van der Waals surface area contributed by atoms with E-state index in [2.05, 4.69) is 56.0 Å². The van der Waals surface area contributed by atoms with Crippen LogP contribution in [0.5, 0.6) is 0 Å². The fourth-order valence-electron chi connectivity index (χ4n) is 4.47. The lowest BCUT2D eigenvalue weighted by Gasteiger charge is -2.38. The average Bonchev–Trinajstić information content (AvgIpc) is 3.00. The number of aryl methyl sites for hydroxylation is 1. The molecule has 1 aromatic heterocycles. The van der Waals surface area contributed by atoms with Crippen molar-refractivity contribution in [1.82, 2.24) is 19.6 Å². The number of fused-ring (bicyclic) bond motifs is 1. The van der Waals surface area contributed by atoms with Crippen LogP contribution in [0.3, 0.4) is 0 Å². The van der Waals surface area contributed by atoms with Gasteiger partial charge in [-0.15, -0.1) is 0 Å². The third kappa shape index (κ3) is 4.60. The number of nitrogens with zero attached hydrogens (tertiary/aromatic N) is 4. The number of hydrogen-bond acceptors (Lipinski definition) is 4. The van der Waals surface area contributed by atoms with Gasteiger partial charge in [0.1, 0.15) is 0 Å². The second kappa shape index (κ2) is 8.55. The molecule has 4 rings (SSSR count). The van der Waals surface area contributed by atoms with Gasteiger partial charge in [-0.25, -0.2) is 0 Å². The summed E-state index contributed by atoms with van der Waals surface area (Å²) in [6.45, 7) is 8.45. The van der Waals surface area contributed by atoms with Crippen molar-refractivity contribution in [3.8, 4) is 0 Å². The molecule has 1 atom stereocenters. The maximum atomic E-state index is 9.82. The molecule has 0 amide bonds. The van der Waals surface area contributed by atoms with Crippen molar-refractivity contribution in [2.24, 2.45) is 0 Å². The quantitative estimate of drug-likeness (QED) is 0.881. The molecule has 1 saturated heterocycles. The van der Waals surface area contributed by atoms with E-state index in [9.17, 15) is 5.11 Å². The molecule has 1 fully saturated rings. The lowest BCUT2D eigenvalue weighted by Crippen LogP contribution is -2.45. The molecule has 146 valence electrons. The molecule has 0 aliphatic carbocycles. The summed E-state index contributed by atoms with van der Waals surface area (Å²) in [7, 11) is 0. The fourth-order valence-corrected chi connectivity index (χ4v) is 4.47. The van der Waals surface area contributed by atoms with Crippen LogP contribution in [0, 0.1) is 0 Å². The Balaban J connectivity index is 1.30. The second-order valence-electron chi connectivity index (χ2n) is 8.09. The Morgan fingerprint density at radius 3 is 2.63 bits per heavy atom. The summed E-state index contributed by atoms with van der Waals surface area (Å²) in [6.07, 6.45) is 4.32. The van der Waals surface area contributed by atoms with Gasteiger partial charge in [0.15, 0.2) is 0 Å². The summed E-state index contributed by atoms with van der Waals surface area (Å²) in [5, 5.41) is 14.4. The Morgan fingerprint density at radius 2 is 1.89 bits per heavy atom. The summed E-state index contributed by atoms with van der Waals surface area (Å²) in [5.41, 5.74) is 3.51. The highest BCUT2D eigenvalue weighted by atomic mass is 16.3. The van der Waals surface area contributed by atoms with E-state index in [4.69, 9.17) is 0 Å². The molecule has 2 aliphatic heterocycles. The number of piperidine rings is 1. The molecule has 2 aliphatic rings. The van der Waals surface area contributed by atoms with Crippen LogP contribution >= 0.6 is 0 Å². The fraction of sp³-hybridized carbons (Fsp3) is 0.591. The van der Waals surface area contributed by atoms with Crippen molar-refractivity contribution in [1.29, 1.82) is 0 Å². The minimum atomic E-state index is -0.481. The van der Waals surface area contributed by atoms with E-state index in [0.29, 0.717) is 6.04 Å². The van der Waals surface area contributed by atoms with Gasteiger partial charge in [0, 0.05) is 32.2 Å². The highest BCUT2D eigenvalue weighted by Crippen LogP contribution is 2.23. The monoisotopic (exact) mass is 368 g/mol. The van der Waals surface area contributed by atoms with Gasteiger partial charge < -0.3 is 10.0 Å². The lowest BCUT2D eigenvalue weighted by atomic mass is 10.0. The maximum absolute atomic E-state index is 9.82. The van der Waals surface area contributed by atoms with E-state index in [1.54, 1.807) is 6.92 Å². The van der Waals surface area contributed by atoms with Crippen molar-refractivity contribution in [2.45, 2.75) is 57.8 Å². The molecule has 0 spiro atoms. The van der Waals surface area contributed by atoms with Gasteiger partial charge >= 0.3 is 0 Å². The van der Waals surface area contributed by atoms with E-state index in [0.717, 1.165) is 38.2 Å². The van der Waals surface area contributed by atoms with Gasteiger partial charge in [0.05, 0.1) is 17.5 Å². The number of benzene rings is 1. The number of hydrogen-bond donors (Lipinski definition) is 1. The third-order valence-electron chi connectivity index (χ3n) is 6.12. The van der Waals surface area contributed by atoms with E-state index in [-0.39, 0.29) is 0 Å². The normalized spacial score (nSPS) is 21.0. The van der Waals surface area contributed by atoms with Crippen LogP contribution in [-0.4, -0.2) is 56.9 Å². The molecule has 1 aromatic carbocycles. The van der Waals surface area contributed by atoms with Crippen LogP contribution in [0.1, 0.15) is 49.2 Å². The summed E-state index contributed by atoms with van der Waals surface area (Å²) >= 11 is 0. The second-order valence-corrected chi connectivity index (χ2v) is 8.09. The Kier molecular flexibility index (Phi) is 5.91. The predicted octanol–water partition coefficient (Wildman–Crippen LogP) is 2.85. The van der Waals surface area contributed by atoms with Crippen LogP contribution in [0.25, 0.3) is 0 Å². The van der Waals surface area contributed by atoms with Crippen molar-refractivity contribution < 1.29 is 5.11 Å². The summed E-state index contributed by atoms with van der Waals surface area (Å²) in [4.78, 5) is 5.28. The van der Waals surface area contributed by atoms with E-state index < -0.39 is 6.10 Å². The van der Waals surface area contributed by atoms with Gasteiger partial charge in [-0.05, 0) is 57.3 Å². The zero-order valence-corrected chi connectivity index (χ0v) is 16.4. The Bertz CT molecular complexity index is 719. The zero-order chi connectivity index (χ0) is 18.6.